The predicted octanol–water partition coefficient (Wildman–Crippen LogP) is 0.633. The molecule has 0 saturated heterocycles. The van der Waals surface area contributed by atoms with E-state index in [-0.39, 0.29) is 23.9 Å². The number of hydrogen-bond acceptors (Lipinski definition) is 3. The SMILES string of the molecule is CCN(CC(=O)NC)C(=O)CC1(N)CCCCC1. The van der Waals surface area contributed by atoms with Crippen LogP contribution < -0.4 is 11.1 Å². The second-order valence-electron chi connectivity index (χ2n) is 5.18. The van der Waals surface area contributed by atoms with E-state index < -0.39 is 0 Å². The molecule has 0 heterocycles. The van der Waals surface area contributed by atoms with Crippen molar-refractivity contribution in [3.63, 3.8) is 0 Å². The molecule has 1 fully saturated rings. The van der Waals surface area contributed by atoms with Crippen LogP contribution in [0.25, 0.3) is 0 Å². The fourth-order valence-corrected chi connectivity index (χ4v) is 2.47. The molecule has 0 radical (unpaired) electrons. The molecule has 0 aromatic rings. The molecule has 1 aliphatic carbocycles. The summed E-state index contributed by atoms with van der Waals surface area (Å²) in [6, 6.07) is 0. The number of amides is 2. The standard InChI is InChI=1S/C13H25N3O2/c1-3-16(10-11(17)15-2)12(18)9-13(14)7-5-4-6-8-13/h3-10,14H2,1-2H3,(H,15,17). The molecule has 0 spiro atoms. The van der Waals surface area contributed by atoms with Gasteiger partial charge in [-0.1, -0.05) is 19.3 Å². The summed E-state index contributed by atoms with van der Waals surface area (Å²) < 4.78 is 0. The van der Waals surface area contributed by atoms with Crippen molar-refractivity contribution in [2.24, 2.45) is 5.73 Å². The molecule has 0 aromatic heterocycles. The van der Waals surface area contributed by atoms with E-state index in [0.717, 1.165) is 25.7 Å². The number of nitrogens with zero attached hydrogens (tertiary/aromatic N) is 1. The third-order valence-corrected chi connectivity index (χ3v) is 3.70. The van der Waals surface area contributed by atoms with Gasteiger partial charge in [-0.25, -0.2) is 0 Å². The van der Waals surface area contributed by atoms with Gasteiger partial charge in [0.25, 0.3) is 0 Å². The molecule has 0 unspecified atom stereocenters. The number of nitrogens with two attached hydrogens (primary N) is 1. The number of nitrogens with one attached hydrogen (secondary N) is 1. The maximum absolute atomic E-state index is 12.2. The Hall–Kier alpha value is -1.10. The van der Waals surface area contributed by atoms with Gasteiger partial charge in [-0.15, -0.1) is 0 Å². The Morgan fingerprint density at radius 3 is 2.39 bits per heavy atom. The quantitative estimate of drug-likeness (QED) is 0.756. The van der Waals surface area contributed by atoms with Crippen LogP contribution in [0.15, 0.2) is 0 Å². The summed E-state index contributed by atoms with van der Waals surface area (Å²) in [6.45, 7) is 2.55. The van der Waals surface area contributed by atoms with Gasteiger partial charge in [-0.05, 0) is 19.8 Å². The van der Waals surface area contributed by atoms with Crippen LogP contribution in [0, 0.1) is 0 Å². The van der Waals surface area contributed by atoms with Gasteiger partial charge >= 0.3 is 0 Å². The highest BCUT2D eigenvalue weighted by atomic mass is 16.2. The Labute approximate surface area is 109 Å². The van der Waals surface area contributed by atoms with E-state index >= 15 is 0 Å². The first-order valence-electron chi connectivity index (χ1n) is 6.78. The Bertz CT molecular complexity index is 299. The summed E-state index contributed by atoms with van der Waals surface area (Å²) >= 11 is 0. The summed E-state index contributed by atoms with van der Waals surface area (Å²) in [4.78, 5) is 25.1. The van der Waals surface area contributed by atoms with Crippen LogP contribution in [-0.2, 0) is 9.59 Å². The minimum absolute atomic E-state index is 0.00880. The summed E-state index contributed by atoms with van der Waals surface area (Å²) in [5.74, 6) is -0.148. The average Bonchev–Trinajstić information content (AvgIpc) is 2.35. The van der Waals surface area contributed by atoms with Crippen molar-refractivity contribution in [1.29, 1.82) is 0 Å². The lowest BCUT2D eigenvalue weighted by molar-refractivity contribution is -0.137. The van der Waals surface area contributed by atoms with Crippen molar-refractivity contribution in [2.75, 3.05) is 20.1 Å². The van der Waals surface area contributed by atoms with Crippen molar-refractivity contribution in [3.8, 4) is 0 Å². The van der Waals surface area contributed by atoms with Gasteiger partial charge in [0.2, 0.25) is 11.8 Å². The monoisotopic (exact) mass is 255 g/mol. The Balaban J connectivity index is 2.53. The zero-order valence-electron chi connectivity index (χ0n) is 11.5. The maximum atomic E-state index is 12.2. The van der Waals surface area contributed by atoms with Crippen LogP contribution in [-0.4, -0.2) is 42.4 Å². The topological polar surface area (TPSA) is 75.4 Å². The molecule has 0 bridgehead atoms. The van der Waals surface area contributed by atoms with E-state index in [1.165, 1.54) is 6.42 Å². The molecule has 2 amide bonds. The van der Waals surface area contributed by atoms with Crippen LogP contribution in [0.5, 0.6) is 0 Å². The molecule has 5 heteroatoms. The molecule has 18 heavy (non-hydrogen) atoms. The van der Waals surface area contributed by atoms with Crippen LogP contribution >= 0.6 is 0 Å². The normalized spacial score (nSPS) is 18.2. The maximum Gasteiger partial charge on any atom is 0.239 e. The summed E-state index contributed by atoms with van der Waals surface area (Å²) in [5.41, 5.74) is 5.91. The first kappa shape index (κ1) is 15.0. The average molecular weight is 255 g/mol. The fourth-order valence-electron chi connectivity index (χ4n) is 2.47. The number of carbonyl (C=O) groups is 2. The van der Waals surface area contributed by atoms with Crippen molar-refractivity contribution in [3.05, 3.63) is 0 Å². The summed E-state index contributed by atoms with van der Waals surface area (Å²) in [6.07, 6.45) is 5.60. The molecule has 3 N–H and O–H groups in total. The zero-order valence-corrected chi connectivity index (χ0v) is 11.5. The smallest absolute Gasteiger partial charge is 0.239 e. The van der Waals surface area contributed by atoms with E-state index in [1.54, 1.807) is 11.9 Å². The lowest BCUT2D eigenvalue weighted by atomic mass is 9.80. The summed E-state index contributed by atoms with van der Waals surface area (Å²) in [7, 11) is 1.58. The number of hydrogen-bond donors (Lipinski definition) is 2. The fraction of sp³-hybridized carbons (Fsp3) is 0.846. The van der Waals surface area contributed by atoms with Gasteiger partial charge in [0.1, 0.15) is 0 Å². The van der Waals surface area contributed by atoms with Gasteiger partial charge in [0.05, 0.1) is 6.54 Å². The van der Waals surface area contributed by atoms with E-state index in [4.69, 9.17) is 5.73 Å². The zero-order chi connectivity index (χ0) is 13.6. The first-order chi connectivity index (χ1) is 8.50. The molecule has 104 valence electrons. The van der Waals surface area contributed by atoms with Crippen LogP contribution in [0.2, 0.25) is 0 Å². The van der Waals surface area contributed by atoms with Crippen molar-refractivity contribution in [2.45, 2.75) is 51.0 Å². The molecule has 0 aromatic carbocycles. The number of rotatable bonds is 5. The van der Waals surface area contributed by atoms with Gasteiger partial charge in [0.15, 0.2) is 0 Å². The highest BCUT2D eigenvalue weighted by Crippen LogP contribution is 2.29. The molecular weight excluding hydrogens is 230 g/mol. The Morgan fingerprint density at radius 1 is 1.28 bits per heavy atom. The van der Waals surface area contributed by atoms with Crippen molar-refractivity contribution >= 4 is 11.8 Å². The van der Waals surface area contributed by atoms with Gasteiger partial charge in [0, 0.05) is 25.6 Å². The molecule has 0 atom stereocenters. The van der Waals surface area contributed by atoms with Crippen LogP contribution in [0.3, 0.4) is 0 Å². The molecule has 0 aliphatic heterocycles. The Kier molecular flexibility index (Phi) is 5.59. The first-order valence-corrected chi connectivity index (χ1v) is 6.78. The van der Waals surface area contributed by atoms with E-state index in [2.05, 4.69) is 5.32 Å². The van der Waals surface area contributed by atoms with Crippen LogP contribution in [0.1, 0.15) is 45.4 Å². The van der Waals surface area contributed by atoms with Gasteiger partial charge < -0.3 is 16.0 Å². The van der Waals surface area contributed by atoms with E-state index in [0.29, 0.717) is 13.0 Å². The lowest BCUT2D eigenvalue weighted by Gasteiger charge is -2.34. The van der Waals surface area contributed by atoms with E-state index in [9.17, 15) is 9.59 Å². The predicted molar refractivity (Wildman–Crippen MR) is 70.9 cm³/mol. The van der Waals surface area contributed by atoms with Crippen molar-refractivity contribution in [1.82, 2.24) is 10.2 Å². The molecule has 1 saturated carbocycles. The number of carbonyl (C=O) groups excluding carboxylic acids is 2. The molecule has 1 rings (SSSR count). The van der Waals surface area contributed by atoms with Gasteiger partial charge in [-0.3, -0.25) is 9.59 Å². The lowest BCUT2D eigenvalue weighted by Crippen LogP contribution is -2.48. The van der Waals surface area contributed by atoms with Crippen LogP contribution in [0.4, 0.5) is 0 Å². The molecular formula is C13H25N3O2. The third kappa shape index (κ3) is 4.29. The highest BCUT2D eigenvalue weighted by molar-refractivity contribution is 5.85. The summed E-state index contributed by atoms with van der Waals surface area (Å²) in [5, 5.41) is 2.53. The minimum Gasteiger partial charge on any atom is -0.358 e. The molecule has 5 nitrogen and oxygen atoms in total. The van der Waals surface area contributed by atoms with Crippen molar-refractivity contribution < 1.29 is 9.59 Å². The number of likely N-dealkylation sites (N-methyl/N-ethyl adjacent to an activating group) is 2. The molecule has 1 aliphatic rings. The second kappa shape index (κ2) is 6.73. The second-order valence-corrected chi connectivity index (χ2v) is 5.18. The van der Waals surface area contributed by atoms with Gasteiger partial charge in [-0.2, -0.15) is 0 Å². The highest BCUT2D eigenvalue weighted by Gasteiger charge is 2.31. The Morgan fingerprint density at radius 2 is 1.89 bits per heavy atom. The third-order valence-electron chi connectivity index (χ3n) is 3.70. The largest absolute Gasteiger partial charge is 0.358 e. The minimum atomic E-state index is -0.356. The van der Waals surface area contributed by atoms with E-state index in [1.807, 2.05) is 6.92 Å².